The van der Waals surface area contributed by atoms with Crippen molar-refractivity contribution in [2.75, 3.05) is 20.8 Å². The van der Waals surface area contributed by atoms with E-state index in [0.717, 1.165) is 24.2 Å². The Morgan fingerprint density at radius 3 is 2.35 bits per heavy atom. The zero-order chi connectivity index (χ0) is 17.0. The minimum Gasteiger partial charge on any atom is -0.502 e. The van der Waals surface area contributed by atoms with Crippen molar-refractivity contribution >= 4 is 17.4 Å². The topological polar surface area (TPSA) is 76.1 Å². The molecule has 2 amide bonds. The standard InChI is InChI=1S/C17H21NO5/c1-4-5-6-9-18-16(20)14(15(19)17(18)21)11-7-8-12(22-2)13(10-11)23-3/h7-8,10,19H,4-6,9H2,1-3H3. The number of ether oxygens (including phenoxy) is 2. The van der Waals surface area contributed by atoms with Gasteiger partial charge in [0, 0.05) is 6.54 Å². The highest BCUT2D eigenvalue weighted by Gasteiger charge is 2.38. The van der Waals surface area contributed by atoms with Crippen molar-refractivity contribution < 1.29 is 24.2 Å². The summed E-state index contributed by atoms with van der Waals surface area (Å²) in [5.41, 5.74) is 0.434. The third-order valence-corrected chi connectivity index (χ3v) is 3.80. The quantitative estimate of drug-likeness (QED) is 0.617. The molecule has 1 N–H and O–H groups in total. The van der Waals surface area contributed by atoms with Crippen molar-refractivity contribution in [2.24, 2.45) is 0 Å². The smallest absolute Gasteiger partial charge is 0.296 e. The molecule has 6 heteroatoms. The van der Waals surface area contributed by atoms with Crippen LogP contribution in [-0.2, 0) is 9.59 Å². The lowest BCUT2D eigenvalue weighted by Gasteiger charge is -2.14. The Morgan fingerprint density at radius 1 is 1.04 bits per heavy atom. The summed E-state index contributed by atoms with van der Waals surface area (Å²) in [6.45, 7) is 2.35. The molecule has 0 aliphatic carbocycles. The van der Waals surface area contributed by atoms with E-state index in [1.807, 2.05) is 6.92 Å². The van der Waals surface area contributed by atoms with Gasteiger partial charge in [0.05, 0.1) is 19.8 Å². The maximum absolute atomic E-state index is 12.5. The van der Waals surface area contributed by atoms with Crippen LogP contribution in [0.15, 0.2) is 24.0 Å². The molecule has 0 atom stereocenters. The van der Waals surface area contributed by atoms with Crippen LogP contribution in [0.4, 0.5) is 0 Å². The molecule has 6 nitrogen and oxygen atoms in total. The van der Waals surface area contributed by atoms with E-state index in [-0.39, 0.29) is 5.57 Å². The highest BCUT2D eigenvalue weighted by Crippen LogP contribution is 2.34. The lowest BCUT2D eigenvalue weighted by atomic mass is 10.0. The van der Waals surface area contributed by atoms with Gasteiger partial charge in [0.2, 0.25) is 0 Å². The molecule has 1 aromatic carbocycles. The van der Waals surface area contributed by atoms with Gasteiger partial charge in [-0.1, -0.05) is 25.8 Å². The van der Waals surface area contributed by atoms with E-state index in [9.17, 15) is 14.7 Å². The van der Waals surface area contributed by atoms with Crippen LogP contribution in [0, 0.1) is 0 Å². The molecule has 0 bridgehead atoms. The number of amides is 2. The lowest BCUT2D eigenvalue weighted by molar-refractivity contribution is -0.138. The Kier molecular flexibility index (Phi) is 5.26. The summed E-state index contributed by atoms with van der Waals surface area (Å²) in [6, 6.07) is 4.82. The van der Waals surface area contributed by atoms with Crippen molar-refractivity contribution in [1.29, 1.82) is 0 Å². The van der Waals surface area contributed by atoms with E-state index in [1.165, 1.54) is 14.2 Å². The number of unbranched alkanes of at least 4 members (excludes halogenated alkanes) is 2. The molecule has 0 saturated carbocycles. The summed E-state index contributed by atoms with van der Waals surface area (Å²) in [5.74, 6) is -0.701. The Bertz CT molecular complexity index is 650. The molecule has 0 saturated heterocycles. The molecular weight excluding hydrogens is 298 g/mol. The van der Waals surface area contributed by atoms with Gasteiger partial charge >= 0.3 is 0 Å². The fourth-order valence-electron chi connectivity index (χ4n) is 2.54. The van der Waals surface area contributed by atoms with Gasteiger partial charge in [-0.2, -0.15) is 0 Å². The van der Waals surface area contributed by atoms with Crippen LogP contribution in [0.1, 0.15) is 31.7 Å². The fraction of sp³-hybridized carbons (Fsp3) is 0.412. The largest absolute Gasteiger partial charge is 0.502 e. The van der Waals surface area contributed by atoms with Crippen molar-refractivity contribution in [1.82, 2.24) is 4.90 Å². The number of imide groups is 1. The van der Waals surface area contributed by atoms with Crippen LogP contribution >= 0.6 is 0 Å². The Labute approximate surface area is 135 Å². The van der Waals surface area contributed by atoms with Gasteiger partial charge in [-0.05, 0) is 24.1 Å². The Morgan fingerprint density at radius 2 is 1.74 bits per heavy atom. The zero-order valence-electron chi connectivity index (χ0n) is 13.6. The van der Waals surface area contributed by atoms with Crippen LogP contribution < -0.4 is 9.47 Å². The number of methoxy groups -OCH3 is 2. The van der Waals surface area contributed by atoms with Gasteiger partial charge in [-0.25, -0.2) is 0 Å². The predicted molar refractivity (Wildman–Crippen MR) is 85.3 cm³/mol. The SMILES string of the molecule is CCCCCN1C(=O)C(O)=C(c2ccc(OC)c(OC)c2)C1=O. The first-order chi connectivity index (χ1) is 11.0. The van der Waals surface area contributed by atoms with Gasteiger partial charge in [0.15, 0.2) is 17.3 Å². The summed E-state index contributed by atoms with van der Waals surface area (Å²) in [5, 5.41) is 10.1. The van der Waals surface area contributed by atoms with Gasteiger partial charge in [0.25, 0.3) is 11.8 Å². The molecule has 0 aromatic heterocycles. The molecule has 1 aliphatic rings. The number of rotatable bonds is 7. The average molecular weight is 319 g/mol. The number of benzene rings is 1. The molecule has 1 aliphatic heterocycles. The van der Waals surface area contributed by atoms with Crippen LogP contribution in [0.25, 0.3) is 5.57 Å². The summed E-state index contributed by atoms with van der Waals surface area (Å²) in [7, 11) is 2.99. The van der Waals surface area contributed by atoms with E-state index in [0.29, 0.717) is 23.6 Å². The highest BCUT2D eigenvalue weighted by molar-refractivity contribution is 6.34. The van der Waals surface area contributed by atoms with E-state index < -0.39 is 17.6 Å². The molecule has 1 heterocycles. The van der Waals surface area contributed by atoms with Crippen LogP contribution in [-0.4, -0.2) is 42.6 Å². The van der Waals surface area contributed by atoms with Crippen LogP contribution in [0.3, 0.4) is 0 Å². The molecule has 124 valence electrons. The zero-order valence-corrected chi connectivity index (χ0v) is 13.6. The molecule has 0 radical (unpaired) electrons. The second kappa shape index (κ2) is 7.17. The number of carbonyl (C=O) groups is 2. The first-order valence-electron chi connectivity index (χ1n) is 7.57. The molecule has 2 rings (SSSR count). The predicted octanol–water partition coefficient (Wildman–Crippen LogP) is 2.53. The first-order valence-corrected chi connectivity index (χ1v) is 7.57. The first kappa shape index (κ1) is 16.9. The van der Waals surface area contributed by atoms with Crippen molar-refractivity contribution in [3.8, 4) is 11.5 Å². The minimum atomic E-state index is -0.643. The minimum absolute atomic E-state index is 0.00690. The Hall–Kier alpha value is -2.50. The maximum Gasteiger partial charge on any atom is 0.296 e. The average Bonchev–Trinajstić information content (AvgIpc) is 2.77. The number of hydrogen-bond acceptors (Lipinski definition) is 5. The van der Waals surface area contributed by atoms with E-state index >= 15 is 0 Å². The monoisotopic (exact) mass is 319 g/mol. The van der Waals surface area contributed by atoms with Crippen molar-refractivity contribution in [3.63, 3.8) is 0 Å². The van der Waals surface area contributed by atoms with Crippen LogP contribution in [0.2, 0.25) is 0 Å². The normalized spacial score (nSPS) is 14.7. The second-order valence-corrected chi connectivity index (χ2v) is 5.26. The summed E-state index contributed by atoms with van der Waals surface area (Å²) in [4.78, 5) is 25.7. The van der Waals surface area contributed by atoms with E-state index in [4.69, 9.17) is 9.47 Å². The van der Waals surface area contributed by atoms with Gasteiger partial charge in [-0.3, -0.25) is 14.5 Å². The number of aliphatic hydroxyl groups excluding tert-OH is 1. The molecular formula is C17H21NO5. The van der Waals surface area contributed by atoms with Crippen molar-refractivity contribution in [3.05, 3.63) is 29.5 Å². The summed E-state index contributed by atoms with van der Waals surface area (Å²) >= 11 is 0. The lowest BCUT2D eigenvalue weighted by Crippen LogP contribution is -2.32. The number of aliphatic hydroxyl groups is 1. The van der Waals surface area contributed by atoms with Crippen molar-refractivity contribution in [2.45, 2.75) is 26.2 Å². The molecule has 0 unspecified atom stereocenters. The number of hydrogen-bond donors (Lipinski definition) is 1. The van der Waals surface area contributed by atoms with E-state index in [2.05, 4.69) is 0 Å². The van der Waals surface area contributed by atoms with Gasteiger partial charge in [-0.15, -0.1) is 0 Å². The third-order valence-electron chi connectivity index (χ3n) is 3.80. The van der Waals surface area contributed by atoms with Gasteiger partial charge in [0.1, 0.15) is 0 Å². The molecule has 1 aromatic rings. The molecule has 0 fully saturated rings. The Balaban J connectivity index is 2.32. The third kappa shape index (κ3) is 3.16. The molecule has 0 spiro atoms. The van der Waals surface area contributed by atoms with E-state index in [1.54, 1.807) is 18.2 Å². The second-order valence-electron chi connectivity index (χ2n) is 5.26. The number of carbonyl (C=O) groups excluding carboxylic acids is 2. The number of nitrogens with zero attached hydrogens (tertiary/aromatic N) is 1. The summed E-state index contributed by atoms with van der Waals surface area (Å²) < 4.78 is 10.4. The maximum atomic E-state index is 12.5. The van der Waals surface area contributed by atoms with Gasteiger partial charge < -0.3 is 14.6 Å². The summed E-state index contributed by atoms with van der Waals surface area (Å²) in [6.07, 6.45) is 2.63. The van der Waals surface area contributed by atoms with Crippen LogP contribution in [0.5, 0.6) is 11.5 Å². The highest BCUT2D eigenvalue weighted by atomic mass is 16.5. The molecule has 23 heavy (non-hydrogen) atoms. The fourth-order valence-corrected chi connectivity index (χ4v) is 2.54.